The lowest BCUT2D eigenvalue weighted by Crippen LogP contribution is -2.41. The number of benzene rings is 1. The first-order valence-corrected chi connectivity index (χ1v) is 7.68. The Hall–Kier alpha value is -1.39. The van der Waals surface area contributed by atoms with Gasteiger partial charge in [-0.25, -0.2) is 0 Å². The highest BCUT2D eigenvalue weighted by molar-refractivity contribution is 5.84. The molecule has 0 saturated carbocycles. The van der Waals surface area contributed by atoms with Crippen LogP contribution in [-0.2, 0) is 9.53 Å². The highest BCUT2D eigenvalue weighted by Crippen LogP contribution is 2.30. The van der Waals surface area contributed by atoms with Gasteiger partial charge < -0.3 is 9.64 Å². The summed E-state index contributed by atoms with van der Waals surface area (Å²) in [4.78, 5) is 14.4. The Morgan fingerprint density at radius 3 is 2.76 bits per heavy atom. The van der Waals surface area contributed by atoms with Gasteiger partial charge in [-0.05, 0) is 45.7 Å². The van der Waals surface area contributed by atoms with Crippen LogP contribution in [0.1, 0.15) is 43.6 Å². The fraction of sp³-hybridized carbons (Fsp3) is 0.588. The molecule has 116 valence electrons. The Morgan fingerprint density at radius 2 is 2.10 bits per heavy atom. The number of amides is 1. The first-order valence-electron chi connectivity index (χ1n) is 7.68. The van der Waals surface area contributed by atoms with E-state index in [1.165, 1.54) is 16.7 Å². The molecule has 1 aliphatic rings. The Morgan fingerprint density at radius 1 is 1.38 bits per heavy atom. The van der Waals surface area contributed by atoms with Crippen LogP contribution in [0.2, 0.25) is 0 Å². The van der Waals surface area contributed by atoms with Crippen molar-refractivity contribution in [2.75, 3.05) is 13.2 Å². The van der Waals surface area contributed by atoms with Gasteiger partial charge in [-0.15, -0.1) is 0 Å². The third-order valence-electron chi connectivity index (χ3n) is 4.08. The third-order valence-corrected chi connectivity index (χ3v) is 4.08. The topological polar surface area (TPSA) is 41.6 Å². The molecule has 1 N–H and O–H groups in total. The minimum absolute atomic E-state index is 0.0554. The summed E-state index contributed by atoms with van der Waals surface area (Å²) >= 11 is 0. The molecule has 3 unspecified atom stereocenters. The molecule has 0 radical (unpaired) electrons. The molecule has 1 aromatic rings. The summed E-state index contributed by atoms with van der Waals surface area (Å²) in [6.07, 6.45) is -0.0668. The van der Waals surface area contributed by atoms with Crippen molar-refractivity contribution in [1.29, 1.82) is 0 Å². The van der Waals surface area contributed by atoms with Crippen molar-refractivity contribution in [2.45, 2.75) is 52.9 Å². The van der Waals surface area contributed by atoms with Crippen molar-refractivity contribution < 1.29 is 9.53 Å². The van der Waals surface area contributed by atoms with E-state index in [1.54, 1.807) is 0 Å². The summed E-state index contributed by atoms with van der Waals surface area (Å²) < 4.78 is 5.51. The SMILES string of the molecule is CCOCC(C)N1C(=O)C(C)NC1c1cc(C)ccc1C. The van der Waals surface area contributed by atoms with Crippen LogP contribution in [0.5, 0.6) is 0 Å². The molecule has 0 bridgehead atoms. The van der Waals surface area contributed by atoms with Crippen molar-refractivity contribution in [3.05, 3.63) is 34.9 Å². The molecule has 1 saturated heterocycles. The van der Waals surface area contributed by atoms with Crippen LogP contribution < -0.4 is 5.32 Å². The second-order valence-electron chi connectivity index (χ2n) is 5.90. The molecule has 21 heavy (non-hydrogen) atoms. The van der Waals surface area contributed by atoms with E-state index in [9.17, 15) is 4.79 Å². The van der Waals surface area contributed by atoms with Crippen molar-refractivity contribution >= 4 is 5.91 Å². The van der Waals surface area contributed by atoms with E-state index in [0.29, 0.717) is 13.2 Å². The minimum atomic E-state index is -0.154. The predicted molar refractivity (Wildman–Crippen MR) is 84.1 cm³/mol. The maximum absolute atomic E-state index is 12.5. The molecule has 1 aliphatic heterocycles. The summed E-state index contributed by atoms with van der Waals surface area (Å²) in [7, 11) is 0. The van der Waals surface area contributed by atoms with Gasteiger partial charge in [0.1, 0.15) is 6.17 Å². The van der Waals surface area contributed by atoms with Crippen molar-refractivity contribution in [2.24, 2.45) is 0 Å². The monoisotopic (exact) mass is 290 g/mol. The second kappa shape index (κ2) is 6.58. The zero-order valence-electron chi connectivity index (χ0n) is 13.6. The van der Waals surface area contributed by atoms with E-state index in [2.05, 4.69) is 37.4 Å². The van der Waals surface area contributed by atoms with Gasteiger partial charge in [0.2, 0.25) is 5.91 Å². The predicted octanol–water partition coefficient (Wildman–Crippen LogP) is 2.55. The molecule has 1 amide bonds. The van der Waals surface area contributed by atoms with Crippen LogP contribution in [0, 0.1) is 13.8 Å². The molecule has 0 aliphatic carbocycles. The number of nitrogens with one attached hydrogen (secondary N) is 1. The third kappa shape index (κ3) is 3.27. The number of ether oxygens (including phenoxy) is 1. The number of rotatable bonds is 5. The van der Waals surface area contributed by atoms with Gasteiger partial charge in [-0.2, -0.15) is 0 Å². The van der Waals surface area contributed by atoms with Crippen molar-refractivity contribution in [1.82, 2.24) is 10.2 Å². The van der Waals surface area contributed by atoms with E-state index < -0.39 is 0 Å². The van der Waals surface area contributed by atoms with E-state index >= 15 is 0 Å². The lowest BCUT2D eigenvalue weighted by molar-refractivity contribution is -0.133. The van der Waals surface area contributed by atoms with Crippen LogP contribution in [0.4, 0.5) is 0 Å². The smallest absolute Gasteiger partial charge is 0.241 e. The number of hydrogen-bond donors (Lipinski definition) is 1. The molecular formula is C17H26N2O2. The molecule has 3 atom stereocenters. The van der Waals surface area contributed by atoms with Crippen LogP contribution in [0.3, 0.4) is 0 Å². The van der Waals surface area contributed by atoms with Crippen LogP contribution in [0.25, 0.3) is 0 Å². The Kier molecular flexibility index (Phi) is 5.01. The summed E-state index contributed by atoms with van der Waals surface area (Å²) in [5.41, 5.74) is 3.59. The average Bonchev–Trinajstić information content (AvgIpc) is 2.75. The van der Waals surface area contributed by atoms with Gasteiger partial charge >= 0.3 is 0 Å². The van der Waals surface area contributed by atoms with Gasteiger partial charge in [0.25, 0.3) is 0 Å². The number of aryl methyl sites for hydroxylation is 2. The van der Waals surface area contributed by atoms with E-state index in [1.807, 2.05) is 25.7 Å². The summed E-state index contributed by atoms with van der Waals surface area (Å²) in [5.74, 6) is 0.146. The fourth-order valence-corrected chi connectivity index (χ4v) is 2.87. The van der Waals surface area contributed by atoms with E-state index in [4.69, 9.17) is 4.74 Å². The number of carbonyl (C=O) groups is 1. The van der Waals surface area contributed by atoms with Crippen LogP contribution >= 0.6 is 0 Å². The van der Waals surface area contributed by atoms with Crippen molar-refractivity contribution in [3.63, 3.8) is 0 Å². The number of hydrogen-bond acceptors (Lipinski definition) is 3. The number of carbonyl (C=O) groups excluding carboxylic acids is 1. The molecule has 0 spiro atoms. The van der Waals surface area contributed by atoms with Gasteiger partial charge in [0, 0.05) is 6.61 Å². The summed E-state index contributed by atoms with van der Waals surface area (Å²) in [5, 5.41) is 3.42. The summed E-state index contributed by atoms with van der Waals surface area (Å²) in [6.45, 7) is 11.4. The Bertz CT molecular complexity index is 516. The highest BCUT2D eigenvalue weighted by atomic mass is 16.5. The molecule has 4 nitrogen and oxygen atoms in total. The van der Waals surface area contributed by atoms with Crippen LogP contribution in [0.15, 0.2) is 18.2 Å². The van der Waals surface area contributed by atoms with Gasteiger partial charge in [-0.3, -0.25) is 10.1 Å². The maximum Gasteiger partial charge on any atom is 0.241 e. The van der Waals surface area contributed by atoms with Gasteiger partial charge in [-0.1, -0.05) is 23.8 Å². The van der Waals surface area contributed by atoms with Crippen molar-refractivity contribution in [3.8, 4) is 0 Å². The van der Waals surface area contributed by atoms with E-state index in [0.717, 1.165) is 0 Å². The quantitative estimate of drug-likeness (QED) is 0.906. The lowest BCUT2D eigenvalue weighted by Gasteiger charge is -2.31. The average molecular weight is 290 g/mol. The number of nitrogens with zero attached hydrogens (tertiary/aromatic N) is 1. The van der Waals surface area contributed by atoms with Crippen LogP contribution in [-0.4, -0.2) is 36.1 Å². The minimum Gasteiger partial charge on any atom is -0.380 e. The molecule has 4 heteroatoms. The van der Waals surface area contributed by atoms with Gasteiger partial charge in [0.05, 0.1) is 18.7 Å². The molecule has 2 rings (SSSR count). The molecule has 1 aromatic carbocycles. The summed E-state index contributed by atoms with van der Waals surface area (Å²) in [6, 6.07) is 6.29. The normalized spacial score (nSPS) is 23.7. The first kappa shape index (κ1) is 16.0. The maximum atomic E-state index is 12.5. The second-order valence-corrected chi connectivity index (χ2v) is 5.90. The molecular weight excluding hydrogens is 264 g/mol. The standard InChI is InChI=1S/C17H26N2O2/c1-6-21-10-13(4)19-16(18-14(5)17(19)20)15-9-11(2)7-8-12(15)3/h7-9,13-14,16,18H,6,10H2,1-5H3. The first-order chi connectivity index (χ1) is 9.95. The largest absolute Gasteiger partial charge is 0.380 e. The zero-order chi connectivity index (χ0) is 15.6. The Balaban J connectivity index is 2.31. The Labute approximate surface area is 127 Å². The fourth-order valence-electron chi connectivity index (χ4n) is 2.87. The lowest BCUT2D eigenvalue weighted by atomic mass is 10.0. The van der Waals surface area contributed by atoms with Gasteiger partial charge in [0.15, 0.2) is 0 Å². The van der Waals surface area contributed by atoms with E-state index in [-0.39, 0.29) is 24.2 Å². The zero-order valence-corrected chi connectivity index (χ0v) is 13.6. The highest BCUT2D eigenvalue weighted by Gasteiger charge is 2.40. The molecule has 1 fully saturated rings. The molecule has 0 aromatic heterocycles. The molecule has 1 heterocycles.